The smallest absolute Gasteiger partial charge is 0.131 e. The molecule has 1 atom stereocenters. The standard InChI is InChI=1S/C9H11N5/c1-3-10-5-7(1)14-9-2-4-11-6-8(9)12-13-14/h2,4,6-7,10H,1,3,5H2. The van der Waals surface area contributed by atoms with Gasteiger partial charge in [-0.3, -0.25) is 4.98 Å². The van der Waals surface area contributed by atoms with Crippen LogP contribution in [0.25, 0.3) is 11.0 Å². The van der Waals surface area contributed by atoms with Crippen molar-refractivity contribution in [3.8, 4) is 0 Å². The van der Waals surface area contributed by atoms with E-state index in [1.807, 2.05) is 10.7 Å². The van der Waals surface area contributed by atoms with Gasteiger partial charge < -0.3 is 5.32 Å². The highest BCUT2D eigenvalue weighted by atomic mass is 15.4. The number of nitrogens with zero attached hydrogens (tertiary/aromatic N) is 4. The Morgan fingerprint density at radius 1 is 1.50 bits per heavy atom. The fourth-order valence-electron chi connectivity index (χ4n) is 1.91. The van der Waals surface area contributed by atoms with Gasteiger partial charge in [0.05, 0.1) is 17.8 Å². The lowest BCUT2D eigenvalue weighted by molar-refractivity contribution is 0.490. The molecule has 5 heteroatoms. The summed E-state index contributed by atoms with van der Waals surface area (Å²) in [5, 5.41) is 11.6. The van der Waals surface area contributed by atoms with Gasteiger partial charge in [0.2, 0.25) is 0 Å². The first-order valence-electron chi connectivity index (χ1n) is 4.81. The van der Waals surface area contributed by atoms with Crippen molar-refractivity contribution < 1.29 is 0 Å². The molecular formula is C9H11N5. The summed E-state index contributed by atoms with van der Waals surface area (Å²) in [5.74, 6) is 0. The average molecular weight is 189 g/mol. The molecule has 0 amide bonds. The number of hydrogen-bond acceptors (Lipinski definition) is 4. The van der Waals surface area contributed by atoms with Crippen LogP contribution in [0.15, 0.2) is 18.5 Å². The van der Waals surface area contributed by atoms with Gasteiger partial charge in [0.1, 0.15) is 5.52 Å². The Balaban J connectivity index is 2.11. The van der Waals surface area contributed by atoms with Gasteiger partial charge in [0, 0.05) is 12.7 Å². The van der Waals surface area contributed by atoms with Crippen LogP contribution in [0.5, 0.6) is 0 Å². The highest BCUT2D eigenvalue weighted by Gasteiger charge is 2.19. The van der Waals surface area contributed by atoms with Crippen molar-refractivity contribution in [3.05, 3.63) is 18.5 Å². The minimum atomic E-state index is 0.447. The van der Waals surface area contributed by atoms with Crippen LogP contribution in [-0.4, -0.2) is 33.1 Å². The second-order valence-corrected chi connectivity index (χ2v) is 3.55. The molecule has 14 heavy (non-hydrogen) atoms. The van der Waals surface area contributed by atoms with Crippen LogP contribution >= 0.6 is 0 Å². The number of nitrogens with one attached hydrogen (secondary N) is 1. The number of rotatable bonds is 1. The summed E-state index contributed by atoms with van der Waals surface area (Å²) < 4.78 is 2.00. The SMILES string of the molecule is c1cc2c(cn1)nnn2C1CCNC1. The van der Waals surface area contributed by atoms with Crippen molar-refractivity contribution in [2.24, 2.45) is 0 Å². The van der Waals surface area contributed by atoms with Gasteiger partial charge in [-0.05, 0) is 19.0 Å². The predicted molar refractivity (Wildman–Crippen MR) is 51.8 cm³/mol. The molecule has 0 bridgehead atoms. The third-order valence-corrected chi connectivity index (χ3v) is 2.65. The zero-order valence-corrected chi connectivity index (χ0v) is 7.72. The Kier molecular flexibility index (Phi) is 1.70. The quantitative estimate of drug-likeness (QED) is 0.703. The fraction of sp³-hybridized carbons (Fsp3) is 0.444. The molecule has 5 nitrogen and oxygen atoms in total. The molecule has 1 fully saturated rings. The maximum absolute atomic E-state index is 4.16. The van der Waals surface area contributed by atoms with Crippen LogP contribution in [0.3, 0.4) is 0 Å². The third-order valence-electron chi connectivity index (χ3n) is 2.65. The van der Waals surface area contributed by atoms with Gasteiger partial charge in [0.25, 0.3) is 0 Å². The maximum Gasteiger partial charge on any atom is 0.131 e. The van der Waals surface area contributed by atoms with E-state index >= 15 is 0 Å². The topological polar surface area (TPSA) is 55.6 Å². The summed E-state index contributed by atoms with van der Waals surface area (Å²) in [6, 6.07) is 2.41. The van der Waals surface area contributed by atoms with Crippen molar-refractivity contribution in [3.63, 3.8) is 0 Å². The first kappa shape index (κ1) is 7.87. The van der Waals surface area contributed by atoms with Crippen molar-refractivity contribution in [1.82, 2.24) is 25.3 Å². The van der Waals surface area contributed by atoms with E-state index < -0.39 is 0 Å². The summed E-state index contributed by atoms with van der Waals surface area (Å²) in [5.41, 5.74) is 1.95. The lowest BCUT2D eigenvalue weighted by atomic mass is 10.2. The van der Waals surface area contributed by atoms with Gasteiger partial charge in [-0.25, -0.2) is 4.68 Å². The molecule has 1 saturated heterocycles. The highest BCUT2D eigenvalue weighted by molar-refractivity contribution is 5.72. The molecule has 0 saturated carbocycles. The fourth-order valence-corrected chi connectivity index (χ4v) is 1.91. The summed E-state index contributed by atoms with van der Waals surface area (Å²) in [6.07, 6.45) is 4.66. The van der Waals surface area contributed by atoms with Gasteiger partial charge in [-0.1, -0.05) is 5.21 Å². The third kappa shape index (κ3) is 1.09. The first-order valence-corrected chi connectivity index (χ1v) is 4.81. The molecule has 1 unspecified atom stereocenters. The van der Waals surface area contributed by atoms with Crippen LogP contribution < -0.4 is 5.32 Å². The van der Waals surface area contributed by atoms with Gasteiger partial charge in [-0.15, -0.1) is 5.10 Å². The number of fused-ring (bicyclic) bond motifs is 1. The normalized spacial score (nSPS) is 21.9. The zero-order chi connectivity index (χ0) is 9.38. The largest absolute Gasteiger partial charge is 0.315 e. The van der Waals surface area contributed by atoms with Gasteiger partial charge >= 0.3 is 0 Å². The van der Waals surface area contributed by atoms with Crippen molar-refractivity contribution in [1.29, 1.82) is 0 Å². The highest BCUT2D eigenvalue weighted by Crippen LogP contribution is 2.18. The van der Waals surface area contributed by atoms with E-state index in [1.54, 1.807) is 12.4 Å². The van der Waals surface area contributed by atoms with Crippen LogP contribution in [0.1, 0.15) is 12.5 Å². The van der Waals surface area contributed by atoms with E-state index in [2.05, 4.69) is 20.6 Å². The monoisotopic (exact) mass is 189 g/mol. The summed E-state index contributed by atoms with van der Waals surface area (Å²) in [4.78, 5) is 4.02. The number of aromatic nitrogens is 4. The molecule has 3 rings (SSSR count). The van der Waals surface area contributed by atoms with Crippen molar-refractivity contribution in [2.45, 2.75) is 12.5 Å². The van der Waals surface area contributed by atoms with Crippen molar-refractivity contribution in [2.75, 3.05) is 13.1 Å². The van der Waals surface area contributed by atoms with E-state index in [9.17, 15) is 0 Å². The molecule has 3 heterocycles. The zero-order valence-electron chi connectivity index (χ0n) is 7.72. The summed E-state index contributed by atoms with van der Waals surface area (Å²) in [7, 11) is 0. The molecule has 2 aromatic rings. The Labute approximate surface area is 81.1 Å². The maximum atomic E-state index is 4.16. The van der Waals surface area contributed by atoms with Gasteiger partial charge in [-0.2, -0.15) is 0 Å². The van der Waals surface area contributed by atoms with Gasteiger partial charge in [0.15, 0.2) is 0 Å². The lowest BCUT2D eigenvalue weighted by Gasteiger charge is -2.08. The van der Waals surface area contributed by atoms with E-state index in [0.717, 1.165) is 30.5 Å². The van der Waals surface area contributed by atoms with E-state index in [4.69, 9.17) is 0 Å². The lowest BCUT2D eigenvalue weighted by Crippen LogP contribution is -2.14. The number of hydrogen-bond donors (Lipinski definition) is 1. The Morgan fingerprint density at radius 3 is 3.36 bits per heavy atom. The minimum Gasteiger partial charge on any atom is -0.315 e. The second-order valence-electron chi connectivity index (χ2n) is 3.55. The Morgan fingerprint density at radius 2 is 2.50 bits per heavy atom. The molecule has 1 N–H and O–H groups in total. The molecule has 1 aliphatic heterocycles. The summed E-state index contributed by atoms with van der Waals surface area (Å²) >= 11 is 0. The van der Waals surface area contributed by atoms with Crippen LogP contribution in [-0.2, 0) is 0 Å². The second kappa shape index (κ2) is 3.02. The van der Waals surface area contributed by atoms with Crippen molar-refractivity contribution >= 4 is 11.0 Å². The Bertz CT molecular complexity index is 443. The molecule has 2 aromatic heterocycles. The molecule has 1 aliphatic rings. The molecule has 72 valence electrons. The average Bonchev–Trinajstić information content (AvgIpc) is 2.85. The summed E-state index contributed by atoms with van der Waals surface area (Å²) in [6.45, 7) is 2.05. The molecule has 0 aliphatic carbocycles. The molecule has 0 radical (unpaired) electrons. The predicted octanol–water partition coefficient (Wildman–Crippen LogP) is 0.361. The number of pyridine rings is 1. The van der Waals surface area contributed by atoms with Crippen LogP contribution in [0, 0.1) is 0 Å². The molecule has 0 spiro atoms. The minimum absolute atomic E-state index is 0.447. The van der Waals surface area contributed by atoms with E-state index in [0.29, 0.717) is 6.04 Å². The van der Waals surface area contributed by atoms with Crippen LogP contribution in [0.4, 0.5) is 0 Å². The first-order chi connectivity index (χ1) is 6.95. The van der Waals surface area contributed by atoms with Crippen LogP contribution in [0.2, 0.25) is 0 Å². The van der Waals surface area contributed by atoms with E-state index in [1.165, 1.54) is 0 Å². The Hall–Kier alpha value is -1.49. The molecule has 0 aromatic carbocycles. The van der Waals surface area contributed by atoms with E-state index in [-0.39, 0.29) is 0 Å². The molecular weight excluding hydrogens is 178 g/mol.